The zero-order valence-electron chi connectivity index (χ0n) is 22.1. The molecule has 1 fully saturated rings. The molecule has 2 amide bonds. The van der Waals surface area contributed by atoms with Crippen LogP contribution in [0.5, 0.6) is 0 Å². The van der Waals surface area contributed by atoms with E-state index in [2.05, 4.69) is 4.90 Å². The Morgan fingerprint density at radius 3 is 2.35 bits per heavy atom. The molecule has 0 saturated carbocycles. The minimum atomic E-state index is -0.399. The highest BCUT2D eigenvalue weighted by Crippen LogP contribution is 2.24. The normalized spacial score (nSPS) is 14.0. The molecule has 7 heteroatoms. The molecule has 3 aromatic rings. The molecule has 2 aromatic carbocycles. The van der Waals surface area contributed by atoms with Crippen LogP contribution in [0, 0.1) is 13.8 Å². The quantitative estimate of drug-likeness (QED) is 0.351. The average Bonchev–Trinajstić information content (AvgIpc) is 2.87. The molecule has 0 unspecified atom stereocenters. The van der Waals surface area contributed by atoms with E-state index >= 15 is 0 Å². The van der Waals surface area contributed by atoms with Crippen molar-refractivity contribution in [1.29, 1.82) is 0 Å². The fourth-order valence-electron chi connectivity index (χ4n) is 4.55. The smallest absolute Gasteiger partial charge is 0.336 e. The third-order valence-corrected chi connectivity index (χ3v) is 6.83. The summed E-state index contributed by atoms with van der Waals surface area (Å²) in [7, 11) is 0. The molecular weight excluding hydrogens is 466 g/mol. The van der Waals surface area contributed by atoms with Gasteiger partial charge in [-0.15, -0.1) is 0 Å². The predicted octanol–water partition coefficient (Wildman–Crippen LogP) is 4.56. The van der Waals surface area contributed by atoms with Crippen LogP contribution in [0.2, 0.25) is 0 Å². The highest BCUT2D eigenvalue weighted by Gasteiger charge is 2.23. The van der Waals surface area contributed by atoms with E-state index in [4.69, 9.17) is 4.42 Å². The molecule has 1 aliphatic rings. The molecule has 0 spiro atoms. The molecule has 0 aliphatic carbocycles. The number of aryl methyl sites for hydroxylation is 2. The number of fused-ring (bicyclic) bond motifs is 1. The van der Waals surface area contributed by atoms with Crippen molar-refractivity contribution in [3.05, 3.63) is 87.3 Å². The third-order valence-electron chi connectivity index (χ3n) is 6.83. The van der Waals surface area contributed by atoms with Crippen LogP contribution in [0.4, 0.5) is 5.69 Å². The van der Waals surface area contributed by atoms with Crippen LogP contribution in [-0.2, 0) is 4.79 Å². The molecule has 4 rings (SSSR count). The fourth-order valence-corrected chi connectivity index (χ4v) is 4.55. The third kappa shape index (κ3) is 6.54. The van der Waals surface area contributed by atoms with E-state index in [9.17, 15) is 14.4 Å². The number of hydrogen-bond donors (Lipinski definition) is 0. The molecule has 1 aliphatic heterocycles. The van der Waals surface area contributed by atoms with Crippen molar-refractivity contribution in [2.45, 2.75) is 34.1 Å². The van der Waals surface area contributed by atoms with E-state index < -0.39 is 5.63 Å². The van der Waals surface area contributed by atoms with Crippen LogP contribution < -0.4 is 10.5 Å². The molecule has 1 saturated heterocycles. The Kier molecular flexibility index (Phi) is 8.24. The summed E-state index contributed by atoms with van der Waals surface area (Å²) in [4.78, 5) is 43.9. The van der Waals surface area contributed by atoms with Gasteiger partial charge in [-0.3, -0.25) is 14.5 Å². The monoisotopic (exact) mass is 501 g/mol. The lowest BCUT2D eigenvalue weighted by Gasteiger charge is -2.35. The fraction of sp³-hybridized carbons (Fsp3) is 0.367. The maximum Gasteiger partial charge on any atom is 0.336 e. The summed E-state index contributed by atoms with van der Waals surface area (Å²) in [6.45, 7) is 11.7. The highest BCUT2D eigenvalue weighted by molar-refractivity contribution is 5.96. The molecule has 194 valence electrons. The standard InChI is InChI=1S/C30H35N3O4/c1-21(2)11-14-33(25-9-10-26-23(4)19-29(35)37-27(26)20-25)28(34)12-13-31-15-17-32(18-16-31)30(36)24-7-5-22(3)6-8-24/h5-11,19-20H,12-18H2,1-4H3. The summed E-state index contributed by atoms with van der Waals surface area (Å²) in [6, 6.07) is 14.7. The lowest BCUT2D eigenvalue weighted by Crippen LogP contribution is -2.49. The van der Waals surface area contributed by atoms with Crippen molar-refractivity contribution in [2.24, 2.45) is 0 Å². The SMILES string of the molecule is CC(C)=CCN(C(=O)CCN1CCN(C(=O)c2ccc(C)cc2)CC1)c1ccc2c(C)cc(=O)oc2c1. The van der Waals surface area contributed by atoms with Gasteiger partial charge in [0.2, 0.25) is 5.91 Å². The Bertz CT molecular complexity index is 1360. The summed E-state index contributed by atoms with van der Waals surface area (Å²) in [6.07, 6.45) is 2.38. The van der Waals surface area contributed by atoms with Gasteiger partial charge in [-0.1, -0.05) is 29.3 Å². The molecule has 7 nitrogen and oxygen atoms in total. The first-order chi connectivity index (χ1) is 17.7. The maximum absolute atomic E-state index is 13.4. The van der Waals surface area contributed by atoms with Gasteiger partial charge in [-0.2, -0.15) is 0 Å². The first kappa shape index (κ1) is 26.4. The Labute approximate surface area is 218 Å². The number of benzene rings is 2. The molecule has 0 radical (unpaired) electrons. The minimum Gasteiger partial charge on any atom is -0.423 e. The van der Waals surface area contributed by atoms with Gasteiger partial charge in [0.15, 0.2) is 0 Å². The van der Waals surface area contributed by atoms with Crippen molar-refractivity contribution in [3.8, 4) is 0 Å². The second kappa shape index (κ2) is 11.6. The van der Waals surface area contributed by atoms with Gasteiger partial charge in [0.25, 0.3) is 5.91 Å². The first-order valence-electron chi connectivity index (χ1n) is 12.8. The minimum absolute atomic E-state index is 0.00464. The van der Waals surface area contributed by atoms with E-state index in [-0.39, 0.29) is 11.8 Å². The predicted molar refractivity (Wildman–Crippen MR) is 147 cm³/mol. The number of carbonyl (C=O) groups is 2. The van der Waals surface area contributed by atoms with Gasteiger partial charge >= 0.3 is 5.63 Å². The summed E-state index contributed by atoms with van der Waals surface area (Å²) in [5, 5.41) is 0.857. The van der Waals surface area contributed by atoms with Gasteiger partial charge < -0.3 is 14.2 Å². The molecule has 0 atom stereocenters. The maximum atomic E-state index is 13.4. The Morgan fingerprint density at radius 1 is 0.973 bits per heavy atom. The number of carbonyl (C=O) groups excluding carboxylic acids is 2. The van der Waals surface area contributed by atoms with Gasteiger partial charge in [0.05, 0.1) is 0 Å². The van der Waals surface area contributed by atoms with Crippen LogP contribution in [-0.4, -0.2) is 60.9 Å². The number of amides is 2. The summed E-state index contributed by atoms with van der Waals surface area (Å²) < 4.78 is 5.41. The number of anilines is 1. The topological polar surface area (TPSA) is 74.1 Å². The summed E-state index contributed by atoms with van der Waals surface area (Å²) in [5.41, 5.74) is 4.60. The zero-order chi connectivity index (χ0) is 26.5. The van der Waals surface area contributed by atoms with E-state index in [1.165, 1.54) is 6.07 Å². The van der Waals surface area contributed by atoms with Crippen LogP contribution in [0.25, 0.3) is 11.0 Å². The molecule has 2 heterocycles. The molecule has 37 heavy (non-hydrogen) atoms. The zero-order valence-corrected chi connectivity index (χ0v) is 22.1. The number of nitrogens with zero attached hydrogens (tertiary/aromatic N) is 3. The van der Waals surface area contributed by atoms with Crippen molar-refractivity contribution < 1.29 is 14.0 Å². The van der Waals surface area contributed by atoms with Gasteiger partial charge in [0, 0.05) is 74.5 Å². The second-order valence-corrected chi connectivity index (χ2v) is 9.96. The molecular formula is C30H35N3O4. The number of rotatable bonds is 7. The average molecular weight is 502 g/mol. The van der Waals surface area contributed by atoms with Gasteiger partial charge in [-0.05, 0) is 57.5 Å². The summed E-state index contributed by atoms with van der Waals surface area (Å²) >= 11 is 0. The first-order valence-corrected chi connectivity index (χ1v) is 12.8. The van der Waals surface area contributed by atoms with Crippen molar-refractivity contribution in [3.63, 3.8) is 0 Å². The van der Waals surface area contributed by atoms with E-state index in [0.717, 1.165) is 35.2 Å². The van der Waals surface area contributed by atoms with Crippen molar-refractivity contribution in [2.75, 3.05) is 44.2 Å². The van der Waals surface area contributed by atoms with Crippen LogP contribution in [0.1, 0.15) is 41.8 Å². The van der Waals surface area contributed by atoms with Gasteiger partial charge in [0.1, 0.15) is 5.58 Å². The number of allylic oxidation sites excluding steroid dienone is 1. The van der Waals surface area contributed by atoms with Crippen molar-refractivity contribution in [1.82, 2.24) is 9.80 Å². The lowest BCUT2D eigenvalue weighted by atomic mass is 10.1. The summed E-state index contributed by atoms with van der Waals surface area (Å²) in [5.74, 6) is 0.0619. The van der Waals surface area contributed by atoms with E-state index in [1.807, 2.05) is 75.1 Å². The lowest BCUT2D eigenvalue weighted by molar-refractivity contribution is -0.118. The van der Waals surface area contributed by atoms with Crippen molar-refractivity contribution >= 4 is 28.5 Å². The van der Waals surface area contributed by atoms with Crippen LogP contribution >= 0.6 is 0 Å². The number of piperazine rings is 1. The molecule has 0 N–H and O–H groups in total. The molecule has 1 aromatic heterocycles. The van der Waals surface area contributed by atoms with Crippen LogP contribution in [0.3, 0.4) is 0 Å². The van der Waals surface area contributed by atoms with Gasteiger partial charge in [-0.25, -0.2) is 4.79 Å². The largest absolute Gasteiger partial charge is 0.423 e. The van der Waals surface area contributed by atoms with E-state index in [1.54, 1.807) is 11.0 Å². The Balaban J connectivity index is 1.40. The number of hydrogen-bond acceptors (Lipinski definition) is 5. The Hall–Kier alpha value is -3.71. The highest BCUT2D eigenvalue weighted by atomic mass is 16.4. The van der Waals surface area contributed by atoms with E-state index in [0.29, 0.717) is 49.4 Å². The second-order valence-electron chi connectivity index (χ2n) is 9.96. The molecule has 0 bridgehead atoms. The van der Waals surface area contributed by atoms with Crippen LogP contribution in [0.15, 0.2) is 69.4 Å². The Morgan fingerprint density at radius 2 is 1.68 bits per heavy atom.